The number of aliphatic hydroxyl groups is 1. The summed E-state index contributed by atoms with van der Waals surface area (Å²) in [6, 6.07) is 0. The van der Waals surface area contributed by atoms with Gasteiger partial charge >= 0.3 is 0 Å². The van der Waals surface area contributed by atoms with Crippen LogP contribution in [0.4, 0.5) is 0 Å². The van der Waals surface area contributed by atoms with Crippen molar-refractivity contribution < 1.29 is 5.11 Å². The van der Waals surface area contributed by atoms with Crippen LogP contribution in [0.5, 0.6) is 0 Å². The Labute approximate surface area is 87.7 Å². The molecule has 1 saturated heterocycles. The molecule has 1 unspecified atom stereocenters. The van der Waals surface area contributed by atoms with E-state index in [-0.39, 0.29) is 5.54 Å². The molecule has 3 nitrogen and oxygen atoms in total. The minimum atomic E-state index is 0.267. The van der Waals surface area contributed by atoms with E-state index in [2.05, 4.69) is 37.7 Å². The van der Waals surface area contributed by atoms with Crippen LogP contribution in [-0.2, 0) is 0 Å². The molecule has 0 aromatic heterocycles. The summed E-state index contributed by atoms with van der Waals surface area (Å²) in [7, 11) is 4.21. The lowest BCUT2D eigenvalue weighted by atomic mass is 9.97. The topological polar surface area (TPSA) is 26.7 Å². The highest BCUT2D eigenvalue weighted by atomic mass is 16.3. The van der Waals surface area contributed by atoms with Crippen LogP contribution in [0.15, 0.2) is 0 Å². The van der Waals surface area contributed by atoms with Crippen molar-refractivity contribution in [2.24, 2.45) is 5.92 Å². The Balaban J connectivity index is 2.44. The van der Waals surface area contributed by atoms with Crippen molar-refractivity contribution in [3.63, 3.8) is 0 Å². The Morgan fingerprint density at radius 1 is 1.43 bits per heavy atom. The van der Waals surface area contributed by atoms with Gasteiger partial charge < -0.3 is 10.0 Å². The summed E-state index contributed by atoms with van der Waals surface area (Å²) < 4.78 is 0. The molecule has 1 N–H and O–H groups in total. The molecular weight excluding hydrogens is 176 g/mol. The molecule has 3 heteroatoms. The second-order valence-corrected chi connectivity index (χ2v) is 5.31. The van der Waals surface area contributed by atoms with Crippen LogP contribution in [0.2, 0.25) is 0 Å². The molecule has 1 rings (SSSR count). The predicted octanol–water partition coefficient (Wildman–Crippen LogP) is 0.641. The fourth-order valence-corrected chi connectivity index (χ4v) is 2.30. The number of likely N-dealkylation sites (N-methyl/N-ethyl adjacent to an activating group) is 1. The maximum atomic E-state index is 9.16. The first-order chi connectivity index (χ1) is 6.45. The molecule has 0 aromatic carbocycles. The molecule has 1 aliphatic heterocycles. The van der Waals surface area contributed by atoms with Crippen molar-refractivity contribution in [3.8, 4) is 0 Å². The fraction of sp³-hybridized carbons (Fsp3) is 1.00. The maximum Gasteiger partial charge on any atom is 0.0472 e. The number of aliphatic hydroxyl groups excluding tert-OH is 1. The first kappa shape index (κ1) is 12.0. The van der Waals surface area contributed by atoms with Gasteiger partial charge in [0.2, 0.25) is 0 Å². The summed E-state index contributed by atoms with van der Waals surface area (Å²) in [5.74, 6) is 0.479. The van der Waals surface area contributed by atoms with Crippen LogP contribution >= 0.6 is 0 Å². The third-order valence-electron chi connectivity index (χ3n) is 3.20. The smallest absolute Gasteiger partial charge is 0.0472 e. The molecule has 0 saturated carbocycles. The Morgan fingerprint density at radius 3 is 2.50 bits per heavy atom. The lowest BCUT2D eigenvalue weighted by Gasteiger charge is -2.32. The highest BCUT2D eigenvalue weighted by molar-refractivity contribution is 4.92. The maximum absolute atomic E-state index is 9.16. The Kier molecular flexibility index (Phi) is 3.93. The largest absolute Gasteiger partial charge is 0.396 e. The molecular formula is C11H24N2O. The lowest BCUT2D eigenvalue weighted by molar-refractivity contribution is 0.158. The highest BCUT2D eigenvalue weighted by Crippen LogP contribution is 2.31. The van der Waals surface area contributed by atoms with E-state index >= 15 is 0 Å². The zero-order valence-corrected chi connectivity index (χ0v) is 9.95. The monoisotopic (exact) mass is 200 g/mol. The van der Waals surface area contributed by atoms with Crippen molar-refractivity contribution in [2.75, 3.05) is 40.3 Å². The molecule has 0 aliphatic carbocycles. The second kappa shape index (κ2) is 4.60. The van der Waals surface area contributed by atoms with Gasteiger partial charge in [-0.05, 0) is 40.3 Å². The molecule has 1 atom stereocenters. The fourth-order valence-electron chi connectivity index (χ4n) is 2.30. The summed E-state index contributed by atoms with van der Waals surface area (Å²) in [6.07, 6.45) is 1.12. The zero-order chi connectivity index (χ0) is 10.8. The first-order valence-electron chi connectivity index (χ1n) is 5.46. The molecule has 0 spiro atoms. The highest BCUT2D eigenvalue weighted by Gasteiger charge is 2.37. The average Bonchev–Trinajstić information content (AvgIpc) is 2.37. The summed E-state index contributed by atoms with van der Waals surface area (Å²) >= 11 is 0. The summed E-state index contributed by atoms with van der Waals surface area (Å²) in [4.78, 5) is 4.70. The zero-order valence-electron chi connectivity index (χ0n) is 9.95. The normalized spacial score (nSPS) is 27.4. The molecule has 0 radical (unpaired) electrons. The van der Waals surface area contributed by atoms with E-state index in [1.165, 1.54) is 0 Å². The second-order valence-electron chi connectivity index (χ2n) is 5.31. The molecule has 1 heterocycles. The number of rotatable bonds is 4. The van der Waals surface area contributed by atoms with Gasteiger partial charge in [0.05, 0.1) is 0 Å². The Bertz CT molecular complexity index is 180. The standard InChI is InChI=1S/C11H24N2O/c1-11(2)7-10(9-14)8-13(11)6-5-12(3)4/h10,14H,5-9H2,1-4H3. The van der Waals surface area contributed by atoms with Crippen molar-refractivity contribution in [1.82, 2.24) is 9.80 Å². The van der Waals surface area contributed by atoms with Crippen molar-refractivity contribution in [3.05, 3.63) is 0 Å². The van der Waals surface area contributed by atoms with Crippen molar-refractivity contribution in [2.45, 2.75) is 25.8 Å². The SMILES string of the molecule is CN(C)CCN1CC(CO)CC1(C)C. The van der Waals surface area contributed by atoms with Gasteiger partial charge in [-0.15, -0.1) is 0 Å². The number of likely N-dealkylation sites (tertiary alicyclic amines) is 1. The molecule has 1 aliphatic rings. The lowest BCUT2D eigenvalue weighted by Crippen LogP contribution is -2.41. The summed E-state index contributed by atoms with van der Waals surface area (Å²) in [6.45, 7) is 8.15. The minimum Gasteiger partial charge on any atom is -0.396 e. The molecule has 0 bridgehead atoms. The van der Waals surface area contributed by atoms with Gasteiger partial charge in [-0.2, -0.15) is 0 Å². The van der Waals surface area contributed by atoms with Crippen LogP contribution in [0.1, 0.15) is 20.3 Å². The predicted molar refractivity (Wildman–Crippen MR) is 59.4 cm³/mol. The summed E-state index contributed by atoms with van der Waals surface area (Å²) in [5.41, 5.74) is 0.267. The number of hydrogen-bond acceptors (Lipinski definition) is 3. The molecule has 0 amide bonds. The molecule has 0 aromatic rings. The van der Waals surface area contributed by atoms with Crippen molar-refractivity contribution in [1.29, 1.82) is 0 Å². The van der Waals surface area contributed by atoms with Gasteiger partial charge in [-0.25, -0.2) is 0 Å². The first-order valence-corrected chi connectivity index (χ1v) is 5.46. The van der Waals surface area contributed by atoms with Crippen LogP contribution in [0.25, 0.3) is 0 Å². The van der Waals surface area contributed by atoms with Gasteiger partial charge in [0.1, 0.15) is 0 Å². The molecule has 1 fully saturated rings. The third kappa shape index (κ3) is 2.94. The van der Waals surface area contributed by atoms with Gasteiger partial charge in [-0.3, -0.25) is 4.90 Å². The van der Waals surface area contributed by atoms with E-state index in [1.807, 2.05) is 0 Å². The van der Waals surface area contributed by atoms with E-state index < -0.39 is 0 Å². The van der Waals surface area contributed by atoms with Crippen LogP contribution < -0.4 is 0 Å². The van der Waals surface area contributed by atoms with E-state index in [0.29, 0.717) is 12.5 Å². The summed E-state index contributed by atoms with van der Waals surface area (Å²) in [5, 5.41) is 9.16. The average molecular weight is 200 g/mol. The van der Waals surface area contributed by atoms with Crippen LogP contribution in [0.3, 0.4) is 0 Å². The van der Waals surface area contributed by atoms with Gasteiger partial charge in [-0.1, -0.05) is 0 Å². The Morgan fingerprint density at radius 2 is 2.07 bits per heavy atom. The van der Waals surface area contributed by atoms with E-state index in [1.54, 1.807) is 0 Å². The minimum absolute atomic E-state index is 0.267. The molecule has 84 valence electrons. The van der Waals surface area contributed by atoms with Gasteiger partial charge in [0.25, 0.3) is 0 Å². The van der Waals surface area contributed by atoms with Gasteiger partial charge in [0, 0.05) is 31.8 Å². The molecule has 14 heavy (non-hydrogen) atoms. The van der Waals surface area contributed by atoms with E-state index in [9.17, 15) is 0 Å². The van der Waals surface area contributed by atoms with Crippen molar-refractivity contribution >= 4 is 0 Å². The quantitative estimate of drug-likeness (QED) is 0.721. The van der Waals surface area contributed by atoms with E-state index in [0.717, 1.165) is 26.1 Å². The van der Waals surface area contributed by atoms with Crippen LogP contribution in [0, 0.1) is 5.92 Å². The van der Waals surface area contributed by atoms with E-state index in [4.69, 9.17) is 5.11 Å². The Hall–Kier alpha value is -0.120. The number of hydrogen-bond donors (Lipinski definition) is 1. The van der Waals surface area contributed by atoms with Gasteiger partial charge in [0.15, 0.2) is 0 Å². The number of nitrogens with zero attached hydrogens (tertiary/aromatic N) is 2. The third-order valence-corrected chi connectivity index (χ3v) is 3.20. The van der Waals surface area contributed by atoms with Crippen LogP contribution in [-0.4, -0.2) is 60.8 Å².